The molecule has 0 amide bonds. The number of hydrazine groups is 1. The van der Waals surface area contributed by atoms with Crippen LogP contribution < -0.4 is 16.0 Å². The lowest BCUT2D eigenvalue weighted by atomic mass is 10.2. The van der Waals surface area contributed by atoms with E-state index in [1.54, 1.807) is 7.11 Å². The zero-order chi connectivity index (χ0) is 13.2. The molecular weight excluding hydrogens is 240 g/mol. The Kier molecular flexibility index (Phi) is 2.81. The summed E-state index contributed by atoms with van der Waals surface area (Å²) < 4.78 is 5.14. The first kappa shape index (κ1) is 11.6. The molecule has 1 heterocycles. The van der Waals surface area contributed by atoms with Crippen LogP contribution in [0.1, 0.15) is 0 Å². The maximum atomic E-state index is 5.39. The average Bonchev–Trinajstić information content (AvgIpc) is 2.90. The molecule has 5 heteroatoms. The fraction of sp³-hybridized carbons (Fsp3) is 0.0714. The van der Waals surface area contributed by atoms with Crippen molar-refractivity contribution in [3.05, 3.63) is 42.5 Å². The van der Waals surface area contributed by atoms with Gasteiger partial charge in [-0.2, -0.15) is 0 Å². The molecule has 0 saturated heterocycles. The molecule has 0 radical (unpaired) electrons. The third kappa shape index (κ3) is 2.11. The fourth-order valence-electron chi connectivity index (χ4n) is 1.99. The van der Waals surface area contributed by atoms with Crippen LogP contribution in [0.3, 0.4) is 0 Å². The molecule has 96 valence electrons. The molecule has 0 aliphatic carbocycles. The van der Waals surface area contributed by atoms with Crippen LogP contribution in [-0.4, -0.2) is 17.1 Å². The number of aromatic amines is 1. The van der Waals surface area contributed by atoms with Gasteiger partial charge in [-0.25, -0.2) is 4.98 Å². The summed E-state index contributed by atoms with van der Waals surface area (Å²) >= 11 is 0. The Morgan fingerprint density at radius 2 is 1.95 bits per heavy atom. The number of anilines is 1. The van der Waals surface area contributed by atoms with Gasteiger partial charge in [-0.3, -0.25) is 5.84 Å². The van der Waals surface area contributed by atoms with Crippen molar-refractivity contribution in [1.29, 1.82) is 0 Å². The van der Waals surface area contributed by atoms with Gasteiger partial charge in [-0.15, -0.1) is 0 Å². The van der Waals surface area contributed by atoms with Crippen LogP contribution in [0.15, 0.2) is 42.5 Å². The van der Waals surface area contributed by atoms with Crippen molar-refractivity contribution < 1.29 is 4.74 Å². The summed E-state index contributed by atoms with van der Waals surface area (Å²) in [4.78, 5) is 7.83. The van der Waals surface area contributed by atoms with Crippen molar-refractivity contribution in [1.82, 2.24) is 9.97 Å². The molecule has 0 atom stereocenters. The van der Waals surface area contributed by atoms with Gasteiger partial charge in [0.15, 0.2) is 0 Å². The second-order valence-electron chi connectivity index (χ2n) is 4.19. The third-order valence-electron chi connectivity index (χ3n) is 3.01. The van der Waals surface area contributed by atoms with Gasteiger partial charge in [0.2, 0.25) is 0 Å². The number of ether oxygens (including phenoxy) is 1. The van der Waals surface area contributed by atoms with Crippen LogP contribution in [0.2, 0.25) is 0 Å². The van der Waals surface area contributed by atoms with E-state index in [9.17, 15) is 0 Å². The van der Waals surface area contributed by atoms with Crippen molar-refractivity contribution in [2.24, 2.45) is 5.84 Å². The van der Waals surface area contributed by atoms with Crippen molar-refractivity contribution in [2.45, 2.75) is 0 Å². The van der Waals surface area contributed by atoms with Gasteiger partial charge in [0, 0.05) is 5.56 Å². The number of methoxy groups -OCH3 is 1. The first-order valence-corrected chi connectivity index (χ1v) is 5.91. The highest BCUT2D eigenvalue weighted by molar-refractivity contribution is 5.82. The second-order valence-corrected chi connectivity index (χ2v) is 4.19. The van der Waals surface area contributed by atoms with Gasteiger partial charge >= 0.3 is 0 Å². The summed E-state index contributed by atoms with van der Waals surface area (Å²) in [5.74, 6) is 7.05. The van der Waals surface area contributed by atoms with Crippen LogP contribution in [0, 0.1) is 0 Å². The molecular formula is C14H14N4O. The van der Waals surface area contributed by atoms with E-state index in [1.807, 2.05) is 42.5 Å². The van der Waals surface area contributed by atoms with E-state index in [0.717, 1.165) is 33.9 Å². The topological polar surface area (TPSA) is 76.0 Å². The molecule has 0 bridgehead atoms. The van der Waals surface area contributed by atoms with Crippen molar-refractivity contribution >= 4 is 16.7 Å². The summed E-state index contributed by atoms with van der Waals surface area (Å²) in [5, 5.41) is 0. The van der Waals surface area contributed by atoms with Crippen LogP contribution in [0.4, 0.5) is 5.69 Å². The van der Waals surface area contributed by atoms with Crippen molar-refractivity contribution in [3.8, 4) is 17.1 Å². The van der Waals surface area contributed by atoms with Crippen LogP contribution in [-0.2, 0) is 0 Å². The molecule has 0 spiro atoms. The number of imidazole rings is 1. The Bertz CT molecular complexity index is 703. The number of hydrogen-bond acceptors (Lipinski definition) is 4. The van der Waals surface area contributed by atoms with E-state index in [1.165, 1.54) is 0 Å². The summed E-state index contributed by atoms with van der Waals surface area (Å²) in [6.45, 7) is 0. The molecule has 1 aromatic heterocycles. The molecule has 0 aliphatic heterocycles. The first-order chi connectivity index (χ1) is 9.30. The van der Waals surface area contributed by atoms with Crippen LogP contribution in [0.5, 0.6) is 5.75 Å². The van der Waals surface area contributed by atoms with E-state index < -0.39 is 0 Å². The maximum Gasteiger partial charge on any atom is 0.138 e. The minimum absolute atomic E-state index is 0.826. The molecule has 19 heavy (non-hydrogen) atoms. The number of aromatic nitrogens is 2. The Morgan fingerprint density at radius 1 is 1.16 bits per heavy atom. The number of nitrogens with two attached hydrogens (primary N) is 1. The Morgan fingerprint density at radius 3 is 2.63 bits per heavy atom. The Hall–Kier alpha value is -2.53. The Balaban J connectivity index is 2.04. The predicted octanol–water partition coefficient (Wildman–Crippen LogP) is 2.52. The number of nitrogen functional groups attached to an aromatic ring is 1. The van der Waals surface area contributed by atoms with Gasteiger partial charge in [-0.1, -0.05) is 0 Å². The standard InChI is InChI=1S/C14H14N4O/c1-19-11-5-2-9(3-6-11)14-16-12-7-4-10(18-15)8-13(12)17-14/h2-8,18H,15H2,1H3,(H,16,17). The maximum absolute atomic E-state index is 5.39. The highest BCUT2D eigenvalue weighted by Gasteiger charge is 2.05. The van der Waals surface area contributed by atoms with Gasteiger partial charge in [-0.05, 0) is 42.5 Å². The molecule has 0 fully saturated rings. The quantitative estimate of drug-likeness (QED) is 0.496. The number of benzene rings is 2. The summed E-state index contributed by atoms with van der Waals surface area (Å²) in [6.07, 6.45) is 0. The van der Waals surface area contributed by atoms with Crippen molar-refractivity contribution in [3.63, 3.8) is 0 Å². The molecule has 5 nitrogen and oxygen atoms in total. The smallest absolute Gasteiger partial charge is 0.138 e. The monoisotopic (exact) mass is 254 g/mol. The van der Waals surface area contributed by atoms with Crippen LogP contribution in [0.25, 0.3) is 22.4 Å². The van der Waals surface area contributed by atoms with Gasteiger partial charge < -0.3 is 15.1 Å². The van der Waals surface area contributed by atoms with E-state index >= 15 is 0 Å². The van der Waals surface area contributed by atoms with Gasteiger partial charge in [0.25, 0.3) is 0 Å². The number of rotatable bonds is 3. The van der Waals surface area contributed by atoms with E-state index in [0.29, 0.717) is 0 Å². The van der Waals surface area contributed by atoms with Gasteiger partial charge in [0.1, 0.15) is 11.6 Å². The SMILES string of the molecule is COc1ccc(-c2nc3ccc(NN)cc3[nH]2)cc1. The average molecular weight is 254 g/mol. The summed E-state index contributed by atoms with van der Waals surface area (Å²) in [6, 6.07) is 13.5. The summed E-state index contributed by atoms with van der Waals surface area (Å²) in [7, 11) is 1.65. The number of H-pyrrole nitrogens is 1. The second kappa shape index (κ2) is 4.62. The zero-order valence-electron chi connectivity index (χ0n) is 10.5. The largest absolute Gasteiger partial charge is 0.497 e. The molecule has 4 N–H and O–H groups in total. The number of hydrogen-bond donors (Lipinski definition) is 3. The van der Waals surface area contributed by atoms with Gasteiger partial charge in [0.05, 0.1) is 23.8 Å². The summed E-state index contributed by atoms with van der Waals surface area (Å²) in [5.41, 5.74) is 6.33. The lowest BCUT2D eigenvalue weighted by Gasteiger charge is -2.00. The zero-order valence-corrected chi connectivity index (χ0v) is 10.5. The normalized spacial score (nSPS) is 10.6. The van der Waals surface area contributed by atoms with E-state index in [2.05, 4.69) is 15.4 Å². The lowest BCUT2D eigenvalue weighted by Crippen LogP contribution is -2.05. The number of fused-ring (bicyclic) bond motifs is 1. The highest BCUT2D eigenvalue weighted by atomic mass is 16.5. The van der Waals surface area contributed by atoms with E-state index in [-0.39, 0.29) is 0 Å². The Labute approximate surface area is 110 Å². The van der Waals surface area contributed by atoms with Crippen molar-refractivity contribution in [2.75, 3.05) is 12.5 Å². The molecule has 3 aromatic rings. The third-order valence-corrected chi connectivity index (χ3v) is 3.01. The lowest BCUT2D eigenvalue weighted by molar-refractivity contribution is 0.415. The molecule has 0 aliphatic rings. The first-order valence-electron chi connectivity index (χ1n) is 5.91. The molecule has 2 aromatic carbocycles. The molecule has 0 unspecified atom stereocenters. The highest BCUT2D eigenvalue weighted by Crippen LogP contribution is 2.24. The number of nitrogens with zero attached hydrogens (tertiary/aromatic N) is 1. The molecule has 3 rings (SSSR count). The predicted molar refractivity (Wildman–Crippen MR) is 75.9 cm³/mol. The van der Waals surface area contributed by atoms with E-state index in [4.69, 9.17) is 10.6 Å². The molecule has 0 saturated carbocycles. The van der Waals surface area contributed by atoms with Crippen LogP contribution >= 0.6 is 0 Å². The fourth-order valence-corrected chi connectivity index (χ4v) is 1.99. The number of nitrogens with one attached hydrogen (secondary N) is 2. The minimum Gasteiger partial charge on any atom is -0.497 e. The minimum atomic E-state index is 0.826.